The summed E-state index contributed by atoms with van der Waals surface area (Å²) in [6, 6.07) is 17.2. The van der Waals surface area contributed by atoms with E-state index in [1.807, 2.05) is 60.7 Å². The second kappa shape index (κ2) is 10.1. The lowest BCUT2D eigenvalue weighted by molar-refractivity contribution is 0.0709. The highest BCUT2D eigenvalue weighted by Gasteiger charge is 2.29. The first-order chi connectivity index (χ1) is 17.0. The molecule has 1 atom stereocenters. The second-order valence-corrected chi connectivity index (χ2v) is 9.71. The van der Waals surface area contributed by atoms with E-state index in [-0.39, 0.29) is 23.9 Å². The Kier molecular flexibility index (Phi) is 6.73. The maximum Gasteiger partial charge on any atom is 0.253 e. The van der Waals surface area contributed by atoms with E-state index in [1.165, 1.54) is 5.69 Å². The largest absolute Gasteiger partial charge is 0.371 e. The summed E-state index contributed by atoms with van der Waals surface area (Å²) < 4.78 is 0. The Hall–Kier alpha value is -3.38. The number of nitrogens with one attached hydrogen (secondary N) is 1. The molecule has 5 rings (SSSR count). The standard InChI is InChI=1S/C28H29ClN4O2/c1-32(21-12-16-33(17-13-21)22-10-14-30-15-11-22)28(35)20-6-8-23-19(18-20)7-9-26(23)31-27(34)24-4-2-3-5-25(24)29/h2-6,8,10-11,14-15,18,21,26H,7,9,12-13,16-17H2,1H3,(H,31,34)/t26-/m1/s1. The molecule has 2 aromatic carbocycles. The van der Waals surface area contributed by atoms with Crippen molar-refractivity contribution < 1.29 is 9.59 Å². The molecule has 1 aromatic heterocycles. The number of halogens is 1. The highest BCUT2D eigenvalue weighted by molar-refractivity contribution is 6.33. The molecule has 2 aliphatic rings. The van der Waals surface area contributed by atoms with Crippen molar-refractivity contribution in [2.24, 2.45) is 0 Å². The van der Waals surface area contributed by atoms with E-state index >= 15 is 0 Å². The fraction of sp³-hybridized carbons (Fsp3) is 0.321. The lowest BCUT2D eigenvalue weighted by Gasteiger charge is -2.37. The Morgan fingerprint density at radius 1 is 1.03 bits per heavy atom. The third kappa shape index (κ3) is 4.89. The number of carbonyl (C=O) groups is 2. The van der Waals surface area contributed by atoms with Crippen LogP contribution in [0.4, 0.5) is 5.69 Å². The molecule has 35 heavy (non-hydrogen) atoms. The lowest BCUT2D eigenvalue weighted by atomic mass is 10.0. The summed E-state index contributed by atoms with van der Waals surface area (Å²) in [7, 11) is 1.91. The molecule has 1 saturated heterocycles. The maximum absolute atomic E-state index is 13.3. The Morgan fingerprint density at radius 2 is 1.77 bits per heavy atom. The van der Waals surface area contributed by atoms with Crippen LogP contribution >= 0.6 is 11.6 Å². The molecule has 1 fully saturated rings. The van der Waals surface area contributed by atoms with Crippen LogP contribution in [0, 0.1) is 0 Å². The van der Waals surface area contributed by atoms with Crippen LogP contribution in [-0.4, -0.2) is 47.9 Å². The summed E-state index contributed by atoms with van der Waals surface area (Å²) in [5.74, 6) is -0.120. The van der Waals surface area contributed by atoms with Gasteiger partial charge in [-0.05, 0) is 73.2 Å². The van der Waals surface area contributed by atoms with Crippen molar-refractivity contribution in [1.82, 2.24) is 15.2 Å². The van der Waals surface area contributed by atoms with Crippen molar-refractivity contribution in [1.29, 1.82) is 0 Å². The van der Waals surface area contributed by atoms with E-state index in [1.54, 1.807) is 18.2 Å². The van der Waals surface area contributed by atoms with Crippen LogP contribution in [0.25, 0.3) is 0 Å². The first-order valence-electron chi connectivity index (χ1n) is 12.1. The number of hydrogen-bond donors (Lipinski definition) is 1. The number of aromatic nitrogens is 1. The molecular weight excluding hydrogens is 460 g/mol. The van der Waals surface area contributed by atoms with Crippen molar-refractivity contribution in [2.75, 3.05) is 25.0 Å². The van der Waals surface area contributed by atoms with E-state index in [0.717, 1.165) is 49.9 Å². The molecule has 1 aliphatic carbocycles. The van der Waals surface area contributed by atoms with Gasteiger partial charge in [0.05, 0.1) is 16.6 Å². The number of carbonyl (C=O) groups excluding carboxylic acids is 2. The second-order valence-electron chi connectivity index (χ2n) is 9.30. The van der Waals surface area contributed by atoms with Crippen molar-refractivity contribution >= 4 is 29.1 Å². The zero-order chi connectivity index (χ0) is 24.4. The fourth-order valence-electron chi connectivity index (χ4n) is 5.22. The summed E-state index contributed by atoms with van der Waals surface area (Å²) in [6.07, 6.45) is 7.15. The zero-order valence-electron chi connectivity index (χ0n) is 19.8. The van der Waals surface area contributed by atoms with Gasteiger partial charge in [-0.3, -0.25) is 14.6 Å². The Labute approximate surface area is 210 Å². The highest BCUT2D eigenvalue weighted by atomic mass is 35.5. The molecule has 2 heterocycles. The minimum Gasteiger partial charge on any atom is -0.371 e. The molecule has 1 aliphatic heterocycles. The number of nitrogens with zero attached hydrogens (tertiary/aromatic N) is 3. The van der Waals surface area contributed by atoms with Crippen LogP contribution in [0.15, 0.2) is 67.0 Å². The average Bonchev–Trinajstić information content (AvgIpc) is 3.30. The summed E-state index contributed by atoms with van der Waals surface area (Å²) in [4.78, 5) is 34.4. The molecule has 0 bridgehead atoms. The van der Waals surface area contributed by atoms with Gasteiger partial charge in [-0.1, -0.05) is 29.8 Å². The molecule has 1 N–H and O–H groups in total. The third-order valence-corrected chi connectivity index (χ3v) is 7.58. The predicted octanol–water partition coefficient (Wildman–Crippen LogP) is 4.89. The number of aryl methyl sites for hydroxylation is 1. The van der Waals surface area contributed by atoms with E-state index < -0.39 is 0 Å². The van der Waals surface area contributed by atoms with Gasteiger partial charge >= 0.3 is 0 Å². The van der Waals surface area contributed by atoms with Crippen LogP contribution in [0.3, 0.4) is 0 Å². The smallest absolute Gasteiger partial charge is 0.253 e. The molecular formula is C28H29ClN4O2. The van der Waals surface area contributed by atoms with Crippen molar-refractivity contribution in [3.8, 4) is 0 Å². The van der Waals surface area contributed by atoms with Gasteiger partial charge in [0.15, 0.2) is 0 Å². The first kappa shape index (κ1) is 23.4. The molecule has 180 valence electrons. The third-order valence-electron chi connectivity index (χ3n) is 7.25. The van der Waals surface area contributed by atoms with Gasteiger partial charge in [-0.2, -0.15) is 0 Å². The lowest BCUT2D eigenvalue weighted by Crippen LogP contribution is -2.45. The quantitative estimate of drug-likeness (QED) is 0.555. The fourth-order valence-corrected chi connectivity index (χ4v) is 5.44. The van der Waals surface area contributed by atoms with Gasteiger partial charge in [0.25, 0.3) is 11.8 Å². The van der Waals surface area contributed by atoms with Crippen LogP contribution in [0.5, 0.6) is 0 Å². The van der Waals surface area contributed by atoms with Crippen LogP contribution in [-0.2, 0) is 6.42 Å². The van der Waals surface area contributed by atoms with Gasteiger partial charge in [0.1, 0.15) is 0 Å². The predicted molar refractivity (Wildman–Crippen MR) is 138 cm³/mol. The number of fused-ring (bicyclic) bond motifs is 1. The summed E-state index contributed by atoms with van der Waals surface area (Å²) in [5, 5.41) is 3.55. The van der Waals surface area contributed by atoms with Crippen molar-refractivity contribution in [3.63, 3.8) is 0 Å². The first-order valence-corrected chi connectivity index (χ1v) is 12.5. The molecule has 2 amide bonds. The Morgan fingerprint density at radius 3 is 2.51 bits per heavy atom. The van der Waals surface area contributed by atoms with Gasteiger partial charge in [0.2, 0.25) is 0 Å². The molecule has 6 nitrogen and oxygen atoms in total. The van der Waals surface area contributed by atoms with E-state index in [4.69, 9.17) is 11.6 Å². The van der Waals surface area contributed by atoms with E-state index in [9.17, 15) is 9.59 Å². The number of rotatable bonds is 5. The maximum atomic E-state index is 13.3. The van der Waals surface area contributed by atoms with E-state index in [0.29, 0.717) is 16.1 Å². The number of anilines is 1. The van der Waals surface area contributed by atoms with Crippen molar-refractivity contribution in [2.45, 2.75) is 37.8 Å². The number of hydrogen-bond acceptors (Lipinski definition) is 4. The SMILES string of the molecule is CN(C(=O)c1ccc2c(c1)CC[C@H]2NC(=O)c1ccccc1Cl)C1CCN(c2ccncc2)CC1. The number of piperidine rings is 1. The van der Waals surface area contributed by atoms with Crippen LogP contribution in [0.1, 0.15) is 57.1 Å². The van der Waals surface area contributed by atoms with Gasteiger partial charge in [0, 0.05) is 49.8 Å². The van der Waals surface area contributed by atoms with Crippen LogP contribution in [0.2, 0.25) is 5.02 Å². The molecule has 0 spiro atoms. The molecule has 0 unspecified atom stereocenters. The minimum absolute atomic E-state index is 0.0544. The summed E-state index contributed by atoms with van der Waals surface area (Å²) >= 11 is 6.19. The normalized spacial score (nSPS) is 17.7. The average molecular weight is 489 g/mol. The minimum atomic E-state index is -0.175. The molecule has 0 saturated carbocycles. The topological polar surface area (TPSA) is 65.5 Å². The number of benzene rings is 2. The van der Waals surface area contributed by atoms with Crippen LogP contribution < -0.4 is 10.2 Å². The molecule has 0 radical (unpaired) electrons. The Bertz CT molecular complexity index is 1220. The highest BCUT2D eigenvalue weighted by Crippen LogP contribution is 2.33. The number of pyridine rings is 1. The van der Waals surface area contributed by atoms with Gasteiger partial charge in [-0.25, -0.2) is 0 Å². The monoisotopic (exact) mass is 488 g/mol. The number of amides is 2. The summed E-state index contributed by atoms with van der Waals surface area (Å²) in [5.41, 5.74) is 4.57. The summed E-state index contributed by atoms with van der Waals surface area (Å²) in [6.45, 7) is 1.84. The van der Waals surface area contributed by atoms with Gasteiger partial charge in [-0.15, -0.1) is 0 Å². The molecule has 7 heteroatoms. The zero-order valence-corrected chi connectivity index (χ0v) is 20.5. The Balaban J connectivity index is 1.22. The van der Waals surface area contributed by atoms with Gasteiger partial charge < -0.3 is 15.1 Å². The van der Waals surface area contributed by atoms with E-state index in [2.05, 4.69) is 15.2 Å². The van der Waals surface area contributed by atoms with Crippen molar-refractivity contribution in [3.05, 3.63) is 94.3 Å². The molecule has 3 aromatic rings.